The van der Waals surface area contributed by atoms with Crippen molar-refractivity contribution in [1.82, 2.24) is 15.6 Å². The number of fused-ring (bicyclic) bond motifs is 1. The van der Waals surface area contributed by atoms with Crippen LogP contribution in [-0.4, -0.2) is 23.9 Å². The molecule has 4 aromatic rings. The maximum absolute atomic E-state index is 13.1. The first kappa shape index (κ1) is 24.6. The Balaban J connectivity index is 1.60. The van der Waals surface area contributed by atoms with E-state index in [2.05, 4.69) is 15.6 Å². The van der Waals surface area contributed by atoms with Crippen molar-refractivity contribution < 1.29 is 27.5 Å². The van der Waals surface area contributed by atoms with Gasteiger partial charge in [0.15, 0.2) is 0 Å². The zero-order valence-corrected chi connectivity index (χ0v) is 19.1. The highest BCUT2D eigenvalue weighted by molar-refractivity contribution is 6.06. The van der Waals surface area contributed by atoms with Gasteiger partial charge in [0.1, 0.15) is 11.4 Å². The van der Waals surface area contributed by atoms with Crippen LogP contribution in [-0.2, 0) is 17.5 Å². The minimum atomic E-state index is -4.44. The fourth-order valence-corrected chi connectivity index (χ4v) is 3.55. The minimum absolute atomic E-state index is 0.0283. The van der Waals surface area contributed by atoms with Gasteiger partial charge in [0.05, 0.1) is 12.7 Å². The van der Waals surface area contributed by atoms with Crippen LogP contribution in [0.5, 0.6) is 5.75 Å². The van der Waals surface area contributed by atoms with Gasteiger partial charge in [-0.1, -0.05) is 30.3 Å². The maximum Gasteiger partial charge on any atom is 0.416 e. The second kappa shape index (κ2) is 10.4. The topological polar surface area (TPSA) is 83.2 Å². The molecule has 1 heterocycles. The SMILES string of the molecule is COc1ccc2[nH]cc(/C=C(/NC(=O)c3ccccc3)C(=O)NCc3ccc(C(F)(F)F)cc3)c2c1. The zero-order chi connectivity index (χ0) is 25.7. The smallest absolute Gasteiger partial charge is 0.416 e. The van der Waals surface area contributed by atoms with Crippen molar-refractivity contribution in [2.24, 2.45) is 0 Å². The van der Waals surface area contributed by atoms with Gasteiger partial charge in [0.25, 0.3) is 11.8 Å². The molecule has 0 aliphatic heterocycles. The van der Waals surface area contributed by atoms with Gasteiger partial charge in [-0.05, 0) is 54.1 Å². The molecule has 36 heavy (non-hydrogen) atoms. The van der Waals surface area contributed by atoms with Gasteiger partial charge in [-0.25, -0.2) is 0 Å². The highest BCUT2D eigenvalue weighted by atomic mass is 19.4. The van der Waals surface area contributed by atoms with E-state index >= 15 is 0 Å². The van der Waals surface area contributed by atoms with Gasteiger partial charge in [-0.15, -0.1) is 0 Å². The Bertz CT molecular complexity index is 1410. The van der Waals surface area contributed by atoms with E-state index < -0.39 is 23.6 Å². The minimum Gasteiger partial charge on any atom is -0.497 e. The van der Waals surface area contributed by atoms with Gasteiger partial charge in [0, 0.05) is 34.8 Å². The van der Waals surface area contributed by atoms with Crippen LogP contribution in [0.15, 0.2) is 84.7 Å². The van der Waals surface area contributed by atoms with Crippen LogP contribution in [0.2, 0.25) is 0 Å². The Labute approximate surface area is 204 Å². The van der Waals surface area contributed by atoms with Crippen LogP contribution in [0.25, 0.3) is 17.0 Å². The first-order valence-corrected chi connectivity index (χ1v) is 10.9. The van der Waals surface area contributed by atoms with Crippen molar-refractivity contribution in [1.29, 1.82) is 0 Å². The third-order valence-corrected chi connectivity index (χ3v) is 5.48. The molecular weight excluding hydrogens is 471 g/mol. The number of ether oxygens (including phenoxy) is 1. The molecule has 184 valence electrons. The lowest BCUT2D eigenvalue weighted by molar-refractivity contribution is -0.137. The number of carbonyl (C=O) groups is 2. The zero-order valence-electron chi connectivity index (χ0n) is 19.1. The molecule has 0 saturated carbocycles. The van der Waals surface area contributed by atoms with E-state index in [0.29, 0.717) is 22.4 Å². The quantitative estimate of drug-likeness (QED) is 0.306. The highest BCUT2D eigenvalue weighted by Gasteiger charge is 2.29. The lowest BCUT2D eigenvalue weighted by atomic mass is 10.1. The van der Waals surface area contributed by atoms with Crippen LogP contribution in [0.3, 0.4) is 0 Å². The van der Waals surface area contributed by atoms with Crippen LogP contribution < -0.4 is 15.4 Å². The third kappa shape index (κ3) is 5.75. The number of halogens is 3. The fraction of sp³-hybridized carbons (Fsp3) is 0.111. The van der Waals surface area contributed by atoms with E-state index in [1.807, 2.05) is 6.07 Å². The monoisotopic (exact) mass is 493 g/mol. The molecule has 4 rings (SSSR count). The molecule has 0 atom stereocenters. The van der Waals surface area contributed by atoms with Crippen LogP contribution in [0, 0.1) is 0 Å². The summed E-state index contributed by atoms with van der Waals surface area (Å²) in [4.78, 5) is 29.0. The molecule has 0 radical (unpaired) electrons. The number of nitrogens with one attached hydrogen (secondary N) is 3. The molecule has 1 aromatic heterocycles. The number of hydrogen-bond acceptors (Lipinski definition) is 3. The Morgan fingerprint density at radius 3 is 2.39 bits per heavy atom. The molecule has 0 aliphatic carbocycles. The van der Waals surface area contributed by atoms with Gasteiger partial charge in [0.2, 0.25) is 0 Å². The number of hydrogen-bond donors (Lipinski definition) is 3. The summed E-state index contributed by atoms with van der Waals surface area (Å²) in [6.45, 7) is -0.0305. The molecule has 0 fully saturated rings. The van der Waals surface area contributed by atoms with Crippen LogP contribution in [0.4, 0.5) is 13.2 Å². The molecule has 0 spiro atoms. The van der Waals surface area contributed by atoms with Gasteiger partial charge >= 0.3 is 6.18 Å². The lowest BCUT2D eigenvalue weighted by Gasteiger charge is -2.12. The summed E-state index contributed by atoms with van der Waals surface area (Å²) in [5.41, 5.74) is 1.47. The van der Waals surface area contributed by atoms with Crippen molar-refractivity contribution in [3.63, 3.8) is 0 Å². The molecule has 3 aromatic carbocycles. The lowest BCUT2D eigenvalue weighted by Crippen LogP contribution is -2.34. The molecule has 0 saturated heterocycles. The fourth-order valence-electron chi connectivity index (χ4n) is 3.55. The standard InChI is InChI=1S/C27H22F3N3O3/c1-36-21-11-12-23-22(14-21)19(16-31-23)13-24(33-25(34)18-5-3-2-4-6-18)26(35)32-15-17-7-9-20(10-8-17)27(28,29)30/h2-14,16,31H,15H2,1H3,(H,32,35)(H,33,34)/b24-13+. The largest absolute Gasteiger partial charge is 0.497 e. The van der Waals surface area contributed by atoms with E-state index in [0.717, 1.165) is 23.0 Å². The predicted molar refractivity (Wildman–Crippen MR) is 130 cm³/mol. The number of amides is 2. The summed E-state index contributed by atoms with van der Waals surface area (Å²) in [6.07, 6.45) is -1.22. The van der Waals surface area contributed by atoms with E-state index in [9.17, 15) is 22.8 Å². The normalized spacial score (nSPS) is 11.8. The van der Waals surface area contributed by atoms with E-state index in [1.165, 1.54) is 18.2 Å². The number of benzene rings is 3. The molecule has 0 bridgehead atoms. The van der Waals surface area contributed by atoms with Crippen LogP contribution in [0.1, 0.15) is 27.0 Å². The summed E-state index contributed by atoms with van der Waals surface area (Å²) < 4.78 is 43.7. The molecule has 2 amide bonds. The second-order valence-electron chi connectivity index (χ2n) is 7.91. The number of H-pyrrole nitrogens is 1. The third-order valence-electron chi connectivity index (χ3n) is 5.48. The van der Waals surface area contributed by atoms with Gasteiger partial charge < -0.3 is 20.4 Å². The molecule has 0 unspecified atom stereocenters. The number of methoxy groups -OCH3 is 1. The van der Waals surface area contributed by atoms with Crippen LogP contribution >= 0.6 is 0 Å². The van der Waals surface area contributed by atoms with Gasteiger partial charge in [-0.3, -0.25) is 9.59 Å². The first-order chi connectivity index (χ1) is 17.2. The van der Waals surface area contributed by atoms with Crippen molar-refractivity contribution in [3.05, 3.63) is 107 Å². The van der Waals surface area contributed by atoms with Crippen molar-refractivity contribution in [2.45, 2.75) is 12.7 Å². The second-order valence-corrected chi connectivity index (χ2v) is 7.91. The Hall–Kier alpha value is -4.53. The van der Waals surface area contributed by atoms with Crippen molar-refractivity contribution >= 4 is 28.8 Å². The predicted octanol–water partition coefficient (Wildman–Crippen LogP) is 5.28. The van der Waals surface area contributed by atoms with Crippen molar-refractivity contribution in [3.8, 4) is 5.75 Å². The summed E-state index contributed by atoms with van der Waals surface area (Å²) >= 11 is 0. The average Bonchev–Trinajstić information content (AvgIpc) is 3.28. The first-order valence-electron chi connectivity index (χ1n) is 10.9. The highest BCUT2D eigenvalue weighted by Crippen LogP contribution is 2.29. The molecule has 3 N–H and O–H groups in total. The summed E-state index contributed by atoms with van der Waals surface area (Å²) in [5.74, 6) is -0.459. The Kier molecular flexibility index (Phi) is 7.10. The molecular formula is C27H22F3N3O3. The number of rotatable bonds is 7. The summed E-state index contributed by atoms with van der Waals surface area (Å²) in [5, 5.41) is 6.08. The average molecular weight is 493 g/mol. The van der Waals surface area contributed by atoms with E-state index in [-0.39, 0.29) is 12.2 Å². The van der Waals surface area contributed by atoms with E-state index in [4.69, 9.17) is 4.74 Å². The number of alkyl halides is 3. The number of aromatic nitrogens is 1. The molecule has 9 heteroatoms. The summed E-state index contributed by atoms with van der Waals surface area (Å²) in [7, 11) is 1.55. The van der Waals surface area contributed by atoms with Crippen molar-refractivity contribution in [2.75, 3.05) is 7.11 Å². The molecule has 0 aliphatic rings. The maximum atomic E-state index is 13.1. The molecule has 6 nitrogen and oxygen atoms in total. The number of carbonyl (C=O) groups excluding carboxylic acids is 2. The van der Waals surface area contributed by atoms with E-state index in [1.54, 1.807) is 55.8 Å². The number of aromatic amines is 1. The Morgan fingerprint density at radius 2 is 1.72 bits per heavy atom. The summed E-state index contributed by atoms with van der Waals surface area (Å²) in [6, 6.07) is 18.3. The van der Waals surface area contributed by atoms with Gasteiger partial charge in [-0.2, -0.15) is 13.2 Å². The Morgan fingerprint density at radius 1 is 1.00 bits per heavy atom.